The Kier molecular flexibility index (Phi) is 9.40. The van der Waals surface area contributed by atoms with Crippen molar-refractivity contribution < 1.29 is 13.5 Å². The topological polar surface area (TPSA) is 58.5 Å². The fourth-order valence-corrected chi connectivity index (χ4v) is 2.59. The molecule has 0 radical (unpaired) electrons. The van der Waals surface area contributed by atoms with Gasteiger partial charge in [-0.05, 0) is 39.0 Å². The summed E-state index contributed by atoms with van der Waals surface area (Å²) in [4.78, 5) is 8.75. The van der Waals surface area contributed by atoms with E-state index in [0.29, 0.717) is 19.0 Å². The van der Waals surface area contributed by atoms with Gasteiger partial charge in [0.25, 0.3) is 0 Å². The summed E-state index contributed by atoms with van der Waals surface area (Å²) in [5.74, 6) is 0.338. The van der Waals surface area contributed by atoms with Gasteiger partial charge in [-0.3, -0.25) is 4.98 Å². The lowest BCUT2D eigenvalue weighted by Crippen LogP contribution is -2.37. The van der Waals surface area contributed by atoms with Crippen LogP contribution in [0.1, 0.15) is 29.3 Å². The van der Waals surface area contributed by atoms with E-state index < -0.39 is 11.6 Å². The number of ether oxygens (including phenoxy) is 1. The van der Waals surface area contributed by atoms with Crippen molar-refractivity contribution in [2.24, 2.45) is 4.99 Å². The summed E-state index contributed by atoms with van der Waals surface area (Å²) in [6.07, 6.45) is 1.76. The van der Waals surface area contributed by atoms with Crippen molar-refractivity contribution in [1.82, 2.24) is 15.6 Å². The summed E-state index contributed by atoms with van der Waals surface area (Å²) in [7, 11) is 1.63. The van der Waals surface area contributed by atoms with Gasteiger partial charge in [-0.15, -0.1) is 24.0 Å². The van der Waals surface area contributed by atoms with Gasteiger partial charge in [-0.1, -0.05) is 0 Å². The number of aryl methyl sites for hydroxylation is 1. The molecule has 0 fully saturated rings. The first kappa shape index (κ1) is 23.1. The SMILES string of the molecule is CCNC(=NCc1cc(F)ccc1F)NCc1ncc(C)c(OC)c1C.I. The zero-order valence-electron chi connectivity index (χ0n) is 15.9. The van der Waals surface area contributed by atoms with Crippen molar-refractivity contribution in [1.29, 1.82) is 0 Å². The molecule has 5 nitrogen and oxygen atoms in total. The van der Waals surface area contributed by atoms with E-state index in [9.17, 15) is 8.78 Å². The van der Waals surface area contributed by atoms with Gasteiger partial charge in [0.2, 0.25) is 0 Å². The first-order valence-electron chi connectivity index (χ1n) is 8.41. The Hall–Kier alpha value is -1.97. The minimum atomic E-state index is -0.485. The third kappa shape index (κ3) is 6.30. The number of halogens is 3. The summed E-state index contributed by atoms with van der Waals surface area (Å²) in [6.45, 7) is 6.92. The maximum Gasteiger partial charge on any atom is 0.191 e. The molecule has 0 aliphatic rings. The van der Waals surface area contributed by atoms with Gasteiger partial charge in [-0.2, -0.15) is 0 Å². The van der Waals surface area contributed by atoms with Crippen LogP contribution in [-0.2, 0) is 13.1 Å². The number of aromatic nitrogens is 1. The van der Waals surface area contributed by atoms with E-state index in [1.54, 1.807) is 13.3 Å². The Morgan fingerprint density at radius 2 is 1.96 bits per heavy atom. The maximum absolute atomic E-state index is 13.7. The zero-order chi connectivity index (χ0) is 19.1. The van der Waals surface area contributed by atoms with E-state index in [4.69, 9.17) is 4.74 Å². The highest BCUT2D eigenvalue weighted by molar-refractivity contribution is 14.0. The van der Waals surface area contributed by atoms with Crippen LogP contribution < -0.4 is 15.4 Å². The smallest absolute Gasteiger partial charge is 0.191 e. The summed E-state index contributed by atoms with van der Waals surface area (Å²) >= 11 is 0. The minimum absolute atomic E-state index is 0. The van der Waals surface area contributed by atoms with Crippen LogP contribution >= 0.6 is 24.0 Å². The Morgan fingerprint density at radius 1 is 1.22 bits per heavy atom. The molecule has 0 unspecified atom stereocenters. The molecule has 0 saturated heterocycles. The van der Waals surface area contributed by atoms with Crippen molar-refractivity contribution in [2.75, 3.05) is 13.7 Å². The first-order chi connectivity index (χ1) is 12.5. The van der Waals surface area contributed by atoms with Crippen LogP contribution in [0.4, 0.5) is 8.78 Å². The van der Waals surface area contributed by atoms with Crippen molar-refractivity contribution in [2.45, 2.75) is 33.9 Å². The predicted molar refractivity (Wildman–Crippen MR) is 114 cm³/mol. The predicted octanol–water partition coefficient (Wildman–Crippen LogP) is 3.86. The Labute approximate surface area is 175 Å². The van der Waals surface area contributed by atoms with Crippen molar-refractivity contribution in [3.8, 4) is 5.75 Å². The number of hydrogen-bond donors (Lipinski definition) is 2. The second-order valence-corrected chi connectivity index (χ2v) is 5.83. The standard InChI is InChI=1S/C19H24F2N4O.HI/c1-5-22-19(24-10-14-8-15(20)6-7-16(14)21)25-11-17-13(3)18(26-4)12(2)9-23-17;/h6-9H,5,10-11H2,1-4H3,(H2,22,24,25);1H. The van der Waals surface area contributed by atoms with Gasteiger partial charge in [0, 0.05) is 29.4 Å². The molecule has 0 aliphatic carbocycles. The first-order valence-corrected chi connectivity index (χ1v) is 8.41. The monoisotopic (exact) mass is 490 g/mol. The number of nitrogens with one attached hydrogen (secondary N) is 2. The van der Waals surface area contributed by atoms with Crippen LogP contribution in [0, 0.1) is 25.5 Å². The molecule has 0 saturated carbocycles. The largest absolute Gasteiger partial charge is 0.496 e. The Balaban J connectivity index is 0.00000364. The molecule has 27 heavy (non-hydrogen) atoms. The van der Waals surface area contributed by atoms with Gasteiger partial charge in [0.05, 0.1) is 25.9 Å². The molecule has 8 heteroatoms. The Morgan fingerprint density at radius 3 is 2.63 bits per heavy atom. The van der Waals surface area contributed by atoms with E-state index >= 15 is 0 Å². The van der Waals surface area contributed by atoms with E-state index in [-0.39, 0.29) is 36.1 Å². The van der Waals surface area contributed by atoms with Crippen LogP contribution in [0.15, 0.2) is 29.4 Å². The number of benzene rings is 1. The molecule has 0 amide bonds. The molecule has 0 spiro atoms. The van der Waals surface area contributed by atoms with E-state index in [1.165, 1.54) is 0 Å². The van der Waals surface area contributed by atoms with Gasteiger partial charge in [-0.25, -0.2) is 13.8 Å². The van der Waals surface area contributed by atoms with Crippen molar-refractivity contribution in [3.63, 3.8) is 0 Å². The fourth-order valence-electron chi connectivity index (χ4n) is 2.59. The van der Waals surface area contributed by atoms with Crippen LogP contribution in [0.5, 0.6) is 5.75 Å². The number of methoxy groups -OCH3 is 1. The van der Waals surface area contributed by atoms with Gasteiger partial charge >= 0.3 is 0 Å². The molecular weight excluding hydrogens is 465 g/mol. The second kappa shape index (κ2) is 11.0. The molecule has 1 aromatic heterocycles. The number of nitrogens with zero attached hydrogens (tertiary/aromatic N) is 2. The summed E-state index contributed by atoms with van der Waals surface area (Å²) in [5, 5.41) is 6.24. The number of guanidine groups is 1. The molecule has 2 N–H and O–H groups in total. The van der Waals surface area contributed by atoms with Crippen molar-refractivity contribution in [3.05, 3.63) is 58.4 Å². The summed E-state index contributed by atoms with van der Waals surface area (Å²) < 4.78 is 32.4. The molecule has 148 valence electrons. The number of rotatable bonds is 6. The molecule has 1 heterocycles. The summed E-state index contributed by atoms with van der Waals surface area (Å²) in [6, 6.07) is 3.34. The van der Waals surface area contributed by atoms with Crippen molar-refractivity contribution >= 4 is 29.9 Å². The van der Waals surface area contributed by atoms with Crippen LogP contribution in [0.25, 0.3) is 0 Å². The average molecular weight is 490 g/mol. The molecule has 0 bridgehead atoms. The van der Waals surface area contributed by atoms with E-state index in [1.807, 2.05) is 20.8 Å². The maximum atomic E-state index is 13.7. The Bertz CT molecular complexity index is 800. The third-order valence-corrected chi connectivity index (χ3v) is 3.93. The van der Waals surface area contributed by atoms with Gasteiger partial charge < -0.3 is 15.4 Å². The number of hydrogen-bond acceptors (Lipinski definition) is 3. The second-order valence-electron chi connectivity index (χ2n) is 5.83. The molecule has 2 aromatic rings. The lowest BCUT2D eigenvalue weighted by atomic mass is 10.1. The van der Waals surface area contributed by atoms with E-state index in [0.717, 1.165) is 40.8 Å². The highest BCUT2D eigenvalue weighted by Crippen LogP contribution is 2.23. The molecular formula is C19H25F2IN4O. The number of pyridine rings is 1. The molecule has 0 aliphatic heterocycles. The minimum Gasteiger partial charge on any atom is -0.496 e. The third-order valence-electron chi connectivity index (χ3n) is 3.93. The molecule has 2 rings (SSSR count). The van der Waals surface area contributed by atoms with Gasteiger partial charge in [0.1, 0.15) is 17.4 Å². The normalized spacial score (nSPS) is 11.0. The van der Waals surface area contributed by atoms with Crippen LogP contribution in [0.2, 0.25) is 0 Å². The van der Waals surface area contributed by atoms with Crippen LogP contribution in [-0.4, -0.2) is 24.6 Å². The highest BCUT2D eigenvalue weighted by Gasteiger charge is 2.10. The quantitative estimate of drug-likeness (QED) is 0.367. The van der Waals surface area contributed by atoms with E-state index in [2.05, 4.69) is 20.6 Å². The summed E-state index contributed by atoms with van der Waals surface area (Å²) in [5.41, 5.74) is 2.95. The molecule has 1 aromatic carbocycles. The lowest BCUT2D eigenvalue weighted by Gasteiger charge is -2.15. The fraction of sp³-hybridized carbons (Fsp3) is 0.368. The molecule has 0 atom stereocenters. The van der Waals surface area contributed by atoms with Crippen LogP contribution in [0.3, 0.4) is 0 Å². The lowest BCUT2D eigenvalue weighted by molar-refractivity contribution is 0.406. The average Bonchev–Trinajstić information content (AvgIpc) is 2.61. The van der Waals surface area contributed by atoms with Gasteiger partial charge in [0.15, 0.2) is 5.96 Å². The highest BCUT2D eigenvalue weighted by atomic mass is 127. The zero-order valence-corrected chi connectivity index (χ0v) is 18.2. The number of aliphatic imine (C=N–C) groups is 1.